The zero-order valence-electron chi connectivity index (χ0n) is 18.9. The first-order valence-corrected chi connectivity index (χ1v) is 12.3. The number of rotatable bonds is 9. The summed E-state index contributed by atoms with van der Waals surface area (Å²) < 4.78 is 75.5. The quantitative estimate of drug-likeness (QED) is 0.357. The molecule has 3 aromatic rings. The van der Waals surface area contributed by atoms with Gasteiger partial charge in [-0.3, -0.25) is 0 Å². The highest BCUT2D eigenvalue weighted by molar-refractivity contribution is 7.89. The predicted molar refractivity (Wildman–Crippen MR) is 132 cm³/mol. The van der Waals surface area contributed by atoms with Crippen LogP contribution in [0.5, 0.6) is 5.75 Å². The molecule has 3 aromatic carbocycles. The average Bonchev–Trinajstić information content (AvgIpc) is 2.81. The first kappa shape index (κ1) is 26.6. The standard InChI is InChI=1S/C25H24ClF3N2O3S/c1-17-6-13-22(14-7-17)35(32,33)31-24(25(27,28)29)23(30-20-11-9-19(26)10-12-20)15-8-18-4-3-5-21(16-18)34-2/h3-16,23-24,30-31H,1-2H3/b15-8+/t23-,24+/m0/s1. The van der Waals surface area contributed by atoms with E-state index in [0.29, 0.717) is 22.0 Å². The van der Waals surface area contributed by atoms with Crippen molar-refractivity contribution in [1.29, 1.82) is 0 Å². The van der Waals surface area contributed by atoms with Crippen molar-refractivity contribution in [2.75, 3.05) is 12.4 Å². The van der Waals surface area contributed by atoms with Gasteiger partial charge in [0.15, 0.2) is 0 Å². The molecule has 2 atom stereocenters. The number of anilines is 1. The Labute approximate surface area is 207 Å². The van der Waals surface area contributed by atoms with Crippen molar-refractivity contribution in [3.05, 3.63) is 95.0 Å². The molecule has 186 valence electrons. The number of halogens is 4. The Morgan fingerprint density at radius 1 is 1.00 bits per heavy atom. The van der Waals surface area contributed by atoms with E-state index in [9.17, 15) is 21.6 Å². The van der Waals surface area contributed by atoms with Crippen LogP contribution in [0, 0.1) is 6.92 Å². The molecule has 0 fully saturated rings. The minimum Gasteiger partial charge on any atom is -0.497 e. The van der Waals surface area contributed by atoms with Crippen LogP contribution < -0.4 is 14.8 Å². The largest absolute Gasteiger partial charge is 0.497 e. The maximum Gasteiger partial charge on any atom is 0.407 e. The van der Waals surface area contributed by atoms with E-state index in [0.717, 1.165) is 5.56 Å². The van der Waals surface area contributed by atoms with Crippen molar-refractivity contribution in [3.63, 3.8) is 0 Å². The zero-order valence-corrected chi connectivity index (χ0v) is 20.5. The van der Waals surface area contributed by atoms with Gasteiger partial charge in [0.2, 0.25) is 10.0 Å². The summed E-state index contributed by atoms with van der Waals surface area (Å²) in [6.45, 7) is 1.75. The normalized spacial score (nSPS) is 14.0. The summed E-state index contributed by atoms with van der Waals surface area (Å²) in [6.07, 6.45) is -2.19. The van der Waals surface area contributed by atoms with Crippen LogP contribution in [0.25, 0.3) is 6.08 Å². The first-order valence-electron chi connectivity index (χ1n) is 10.5. The van der Waals surface area contributed by atoms with E-state index >= 15 is 0 Å². The zero-order chi connectivity index (χ0) is 25.6. The van der Waals surface area contributed by atoms with Gasteiger partial charge in [-0.05, 0) is 61.0 Å². The number of methoxy groups -OCH3 is 1. The lowest BCUT2D eigenvalue weighted by Crippen LogP contribution is -2.54. The average molecular weight is 525 g/mol. The van der Waals surface area contributed by atoms with E-state index in [4.69, 9.17) is 16.3 Å². The fraction of sp³-hybridized carbons (Fsp3) is 0.200. The highest BCUT2D eigenvalue weighted by atomic mass is 35.5. The van der Waals surface area contributed by atoms with Crippen LogP contribution in [0.15, 0.2) is 83.8 Å². The number of aryl methyl sites for hydroxylation is 1. The van der Waals surface area contributed by atoms with Gasteiger partial charge in [-0.25, -0.2) is 8.42 Å². The van der Waals surface area contributed by atoms with Crippen molar-refractivity contribution >= 4 is 33.4 Å². The van der Waals surface area contributed by atoms with E-state index in [-0.39, 0.29) is 4.90 Å². The predicted octanol–water partition coefficient (Wildman–Crippen LogP) is 6.06. The topological polar surface area (TPSA) is 67.4 Å². The van der Waals surface area contributed by atoms with Crippen molar-refractivity contribution in [1.82, 2.24) is 4.72 Å². The van der Waals surface area contributed by atoms with Crippen molar-refractivity contribution in [2.45, 2.75) is 30.1 Å². The number of benzene rings is 3. The van der Waals surface area contributed by atoms with Gasteiger partial charge in [-0.15, -0.1) is 0 Å². The molecule has 0 heterocycles. The monoisotopic (exact) mass is 524 g/mol. The van der Waals surface area contributed by atoms with E-state index in [1.54, 1.807) is 31.2 Å². The van der Waals surface area contributed by atoms with Gasteiger partial charge in [0.05, 0.1) is 18.0 Å². The summed E-state index contributed by atoms with van der Waals surface area (Å²) in [5, 5.41) is 3.18. The lowest BCUT2D eigenvalue weighted by Gasteiger charge is -2.29. The van der Waals surface area contributed by atoms with Crippen LogP contribution in [-0.2, 0) is 10.0 Å². The number of sulfonamides is 1. The molecule has 0 bridgehead atoms. The van der Waals surface area contributed by atoms with Gasteiger partial charge in [0.1, 0.15) is 11.8 Å². The molecule has 0 aliphatic carbocycles. The van der Waals surface area contributed by atoms with E-state index < -0.39 is 28.3 Å². The molecular weight excluding hydrogens is 501 g/mol. The Morgan fingerprint density at radius 3 is 2.26 bits per heavy atom. The Balaban J connectivity index is 2.00. The Morgan fingerprint density at radius 2 is 1.66 bits per heavy atom. The minimum absolute atomic E-state index is 0.264. The second-order valence-electron chi connectivity index (χ2n) is 7.77. The van der Waals surface area contributed by atoms with Crippen LogP contribution in [0.3, 0.4) is 0 Å². The lowest BCUT2D eigenvalue weighted by atomic mass is 10.1. The van der Waals surface area contributed by atoms with Crippen LogP contribution in [-0.4, -0.2) is 33.8 Å². The van der Waals surface area contributed by atoms with Gasteiger partial charge >= 0.3 is 6.18 Å². The molecule has 35 heavy (non-hydrogen) atoms. The van der Waals surface area contributed by atoms with Gasteiger partial charge in [0, 0.05) is 10.7 Å². The van der Waals surface area contributed by atoms with Crippen molar-refractivity contribution in [3.8, 4) is 5.75 Å². The summed E-state index contributed by atoms with van der Waals surface area (Å²) in [4.78, 5) is -0.264. The molecule has 0 spiro atoms. The van der Waals surface area contributed by atoms with Crippen LogP contribution in [0.4, 0.5) is 18.9 Å². The van der Waals surface area contributed by atoms with Gasteiger partial charge < -0.3 is 10.1 Å². The van der Waals surface area contributed by atoms with Crippen LogP contribution in [0.1, 0.15) is 11.1 Å². The SMILES string of the molecule is COc1cccc(/C=C/[C@H](Nc2ccc(Cl)cc2)[C@@H](NS(=O)(=O)c2ccc(C)cc2)C(F)(F)F)c1. The van der Waals surface area contributed by atoms with Gasteiger partial charge in [-0.2, -0.15) is 17.9 Å². The summed E-state index contributed by atoms with van der Waals surface area (Å²) >= 11 is 5.89. The molecule has 0 amide bonds. The van der Waals surface area contributed by atoms with Crippen LogP contribution >= 0.6 is 11.6 Å². The number of nitrogens with one attached hydrogen (secondary N) is 2. The Kier molecular flexibility index (Phi) is 8.47. The van der Waals surface area contributed by atoms with Gasteiger partial charge in [0.25, 0.3) is 0 Å². The number of hydrogen-bond acceptors (Lipinski definition) is 4. The summed E-state index contributed by atoms with van der Waals surface area (Å²) in [6, 6.07) is 14.4. The lowest BCUT2D eigenvalue weighted by molar-refractivity contribution is -0.152. The maximum atomic E-state index is 14.2. The molecule has 0 aliphatic heterocycles. The molecule has 2 N–H and O–H groups in total. The molecule has 10 heteroatoms. The number of alkyl halides is 3. The molecule has 0 unspecified atom stereocenters. The second-order valence-corrected chi connectivity index (χ2v) is 9.92. The number of ether oxygens (including phenoxy) is 1. The molecule has 0 saturated carbocycles. The molecule has 3 rings (SSSR count). The fourth-order valence-electron chi connectivity index (χ4n) is 3.24. The van der Waals surface area contributed by atoms with Crippen molar-refractivity contribution in [2.24, 2.45) is 0 Å². The molecule has 0 radical (unpaired) electrons. The van der Waals surface area contributed by atoms with Gasteiger partial charge in [-0.1, -0.05) is 53.6 Å². The van der Waals surface area contributed by atoms with E-state index in [1.807, 2.05) is 4.72 Å². The fourth-order valence-corrected chi connectivity index (χ4v) is 4.61. The minimum atomic E-state index is -4.92. The summed E-state index contributed by atoms with van der Waals surface area (Å²) in [7, 11) is -3.00. The Hall–Kier alpha value is -3.01. The Bertz CT molecular complexity index is 1260. The second kappa shape index (κ2) is 11.2. The van der Waals surface area contributed by atoms with E-state index in [2.05, 4.69) is 5.32 Å². The van der Waals surface area contributed by atoms with Crippen molar-refractivity contribution < 1.29 is 26.3 Å². The highest BCUT2D eigenvalue weighted by Gasteiger charge is 2.46. The smallest absolute Gasteiger partial charge is 0.407 e. The molecule has 0 saturated heterocycles. The van der Waals surface area contributed by atoms with E-state index in [1.165, 1.54) is 67.8 Å². The molecule has 5 nitrogen and oxygen atoms in total. The third kappa shape index (κ3) is 7.48. The first-order chi connectivity index (χ1) is 16.5. The third-order valence-corrected chi connectivity index (χ3v) is 6.80. The molecular formula is C25H24ClF3N2O3S. The molecule has 0 aromatic heterocycles. The highest BCUT2D eigenvalue weighted by Crippen LogP contribution is 2.28. The number of hydrogen-bond donors (Lipinski definition) is 2. The third-order valence-electron chi connectivity index (χ3n) is 5.09. The molecule has 0 aliphatic rings. The summed E-state index contributed by atoms with van der Waals surface area (Å²) in [5.41, 5.74) is 1.69. The maximum absolute atomic E-state index is 14.2. The summed E-state index contributed by atoms with van der Waals surface area (Å²) in [5.74, 6) is 0.529. The van der Waals surface area contributed by atoms with Crippen LogP contribution in [0.2, 0.25) is 5.02 Å².